The van der Waals surface area contributed by atoms with Gasteiger partial charge in [0.25, 0.3) is 5.56 Å². The Balaban J connectivity index is 1.71. The van der Waals surface area contributed by atoms with E-state index in [2.05, 4.69) is 4.98 Å². The van der Waals surface area contributed by atoms with Crippen molar-refractivity contribution in [2.75, 3.05) is 32.8 Å². The number of aromatic nitrogens is 2. The van der Waals surface area contributed by atoms with Gasteiger partial charge in [-0.15, -0.1) is 0 Å². The van der Waals surface area contributed by atoms with Crippen LogP contribution in [0.5, 0.6) is 0 Å². The number of piperidine rings is 1. The monoisotopic (exact) mass is 364 g/mol. The molecule has 2 saturated heterocycles. The predicted octanol–water partition coefficient (Wildman–Crippen LogP) is -1.32. The lowest BCUT2D eigenvalue weighted by Gasteiger charge is -2.39. The second kappa shape index (κ2) is 7.06. The third-order valence-electron chi connectivity index (χ3n) is 5.40. The van der Waals surface area contributed by atoms with Gasteiger partial charge in [-0.3, -0.25) is 23.9 Å². The molecule has 0 radical (unpaired) electrons. The summed E-state index contributed by atoms with van der Waals surface area (Å²) >= 11 is 0. The molecule has 1 atom stereocenters. The molecule has 0 aromatic carbocycles. The number of aliphatic hydroxyl groups excluding tert-OH is 1. The molecule has 2 N–H and O–H groups in total. The molecule has 1 spiro atoms. The van der Waals surface area contributed by atoms with Crippen LogP contribution in [0.2, 0.25) is 0 Å². The molecule has 0 saturated carbocycles. The van der Waals surface area contributed by atoms with Crippen molar-refractivity contribution < 1.29 is 14.7 Å². The Morgan fingerprint density at radius 2 is 2.04 bits per heavy atom. The van der Waals surface area contributed by atoms with Gasteiger partial charge in [0.05, 0.1) is 12.0 Å². The fourth-order valence-corrected chi connectivity index (χ4v) is 3.93. The van der Waals surface area contributed by atoms with E-state index in [0.29, 0.717) is 38.2 Å². The van der Waals surface area contributed by atoms with E-state index < -0.39 is 16.7 Å². The molecule has 3 rings (SSSR count). The van der Waals surface area contributed by atoms with E-state index in [1.807, 2.05) is 0 Å². The first-order valence-corrected chi connectivity index (χ1v) is 8.85. The summed E-state index contributed by atoms with van der Waals surface area (Å²) in [5, 5.41) is 9.12. The topological polar surface area (TPSA) is 116 Å². The number of amides is 2. The summed E-state index contributed by atoms with van der Waals surface area (Å²) in [6.07, 6.45) is 3.56. The quantitative estimate of drug-likeness (QED) is 0.687. The van der Waals surface area contributed by atoms with Crippen LogP contribution in [0.3, 0.4) is 0 Å². The fraction of sp³-hybridized carbons (Fsp3) is 0.647. The average molecular weight is 364 g/mol. The number of nitrogens with one attached hydrogen (secondary N) is 1. The Hall–Kier alpha value is -2.42. The average Bonchev–Trinajstić information content (AvgIpc) is 3.02. The van der Waals surface area contributed by atoms with Crippen molar-refractivity contribution in [3.8, 4) is 0 Å². The van der Waals surface area contributed by atoms with E-state index in [0.717, 1.165) is 12.8 Å². The SMILES string of the molecule is Cc1cn(CC(=O)N2CCC3(CCCN(CCO)C3=O)C2)c(=O)[nH]c1=O. The molecule has 0 bridgehead atoms. The van der Waals surface area contributed by atoms with Crippen LogP contribution in [0.15, 0.2) is 15.8 Å². The molecular formula is C17H24N4O5. The van der Waals surface area contributed by atoms with Crippen molar-refractivity contribution in [2.24, 2.45) is 5.41 Å². The van der Waals surface area contributed by atoms with Crippen LogP contribution >= 0.6 is 0 Å². The number of rotatable bonds is 4. The smallest absolute Gasteiger partial charge is 0.328 e. The summed E-state index contributed by atoms with van der Waals surface area (Å²) in [6.45, 7) is 3.10. The number of aliphatic hydroxyl groups is 1. The van der Waals surface area contributed by atoms with Crippen LogP contribution in [0.1, 0.15) is 24.8 Å². The van der Waals surface area contributed by atoms with E-state index in [4.69, 9.17) is 5.11 Å². The lowest BCUT2D eigenvalue weighted by atomic mass is 9.78. The van der Waals surface area contributed by atoms with Gasteiger partial charge in [-0.1, -0.05) is 0 Å². The Kier molecular flexibility index (Phi) is 4.99. The van der Waals surface area contributed by atoms with Crippen LogP contribution in [0.4, 0.5) is 0 Å². The number of hydrogen-bond donors (Lipinski definition) is 2. The van der Waals surface area contributed by atoms with Crippen LogP contribution in [0.25, 0.3) is 0 Å². The maximum atomic E-state index is 12.8. The number of aryl methyl sites for hydroxylation is 1. The van der Waals surface area contributed by atoms with Crippen LogP contribution in [-0.2, 0) is 16.1 Å². The Bertz CT molecular complexity index is 827. The Morgan fingerprint density at radius 3 is 2.77 bits per heavy atom. The predicted molar refractivity (Wildman–Crippen MR) is 92.6 cm³/mol. The molecule has 1 aromatic heterocycles. The number of carbonyl (C=O) groups is 2. The minimum absolute atomic E-state index is 0.00477. The van der Waals surface area contributed by atoms with Crippen molar-refractivity contribution >= 4 is 11.8 Å². The van der Waals surface area contributed by atoms with Gasteiger partial charge in [0.1, 0.15) is 6.54 Å². The first-order valence-electron chi connectivity index (χ1n) is 8.85. The van der Waals surface area contributed by atoms with Gasteiger partial charge in [-0.05, 0) is 26.2 Å². The van der Waals surface area contributed by atoms with Crippen molar-refractivity contribution in [3.05, 3.63) is 32.6 Å². The molecule has 9 heteroatoms. The molecule has 26 heavy (non-hydrogen) atoms. The molecule has 1 aromatic rings. The van der Waals surface area contributed by atoms with E-state index in [1.54, 1.807) is 16.7 Å². The molecule has 0 aliphatic carbocycles. The molecule has 3 heterocycles. The van der Waals surface area contributed by atoms with Crippen LogP contribution < -0.4 is 11.2 Å². The largest absolute Gasteiger partial charge is 0.395 e. The van der Waals surface area contributed by atoms with Crippen molar-refractivity contribution in [1.29, 1.82) is 0 Å². The second-order valence-corrected chi connectivity index (χ2v) is 7.16. The molecule has 2 amide bonds. The van der Waals surface area contributed by atoms with Gasteiger partial charge in [-0.25, -0.2) is 4.79 Å². The Labute approximate surface area is 150 Å². The first-order chi connectivity index (χ1) is 12.4. The summed E-state index contributed by atoms with van der Waals surface area (Å²) in [6, 6.07) is 0. The van der Waals surface area contributed by atoms with E-state index >= 15 is 0 Å². The fourth-order valence-electron chi connectivity index (χ4n) is 3.93. The number of carbonyl (C=O) groups excluding carboxylic acids is 2. The highest BCUT2D eigenvalue weighted by Crippen LogP contribution is 2.40. The zero-order valence-corrected chi connectivity index (χ0v) is 14.9. The molecule has 2 fully saturated rings. The minimum atomic E-state index is -0.620. The molecule has 2 aliphatic heterocycles. The summed E-state index contributed by atoms with van der Waals surface area (Å²) in [7, 11) is 0. The Morgan fingerprint density at radius 1 is 1.27 bits per heavy atom. The van der Waals surface area contributed by atoms with E-state index in [-0.39, 0.29) is 25.0 Å². The molecular weight excluding hydrogens is 340 g/mol. The third-order valence-corrected chi connectivity index (χ3v) is 5.40. The van der Waals surface area contributed by atoms with Crippen LogP contribution in [0, 0.1) is 12.3 Å². The highest BCUT2D eigenvalue weighted by molar-refractivity contribution is 5.86. The van der Waals surface area contributed by atoms with Crippen molar-refractivity contribution in [3.63, 3.8) is 0 Å². The van der Waals surface area contributed by atoms with Gasteiger partial charge < -0.3 is 14.9 Å². The highest BCUT2D eigenvalue weighted by atomic mass is 16.3. The summed E-state index contributed by atoms with van der Waals surface area (Å²) in [4.78, 5) is 54.2. The number of aromatic amines is 1. The molecule has 9 nitrogen and oxygen atoms in total. The first kappa shape index (κ1) is 18.4. The summed E-state index contributed by atoms with van der Waals surface area (Å²) in [5.74, 6) is -0.243. The summed E-state index contributed by atoms with van der Waals surface area (Å²) in [5.41, 5.74) is -1.30. The molecule has 1 unspecified atom stereocenters. The molecule has 142 valence electrons. The molecule has 2 aliphatic rings. The number of β-amino-alcohol motifs (C(OH)–C–C–N with tert-alkyl or cyclic N) is 1. The number of likely N-dealkylation sites (tertiary alicyclic amines) is 2. The second-order valence-electron chi connectivity index (χ2n) is 7.16. The normalized spacial score (nSPS) is 23.1. The van der Waals surface area contributed by atoms with Gasteiger partial charge >= 0.3 is 5.69 Å². The maximum Gasteiger partial charge on any atom is 0.328 e. The number of nitrogens with zero attached hydrogens (tertiary/aromatic N) is 3. The highest BCUT2D eigenvalue weighted by Gasteiger charge is 2.49. The van der Waals surface area contributed by atoms with E-state index in [1.165, 1.54) is 10.8 Å². The lowest BCUT2D eigenvalue weighted by Crippen LogP contribution is -2.51. The number of hydrogen-bond acceptors (Lipinski definition) is 5. The zero-order chi connectivity index (χ0) is 18.9. The van der Waals surface area contributed by atoms with Crippen LogP contribution in [-0.4, -0.2) is 69.1 Å². The third kappa shape index (κ3) is 3.31. The standard InChI is InChI=1S/C17H24N4O5/c1-12-9-21(16(26)18-14(12)24)10-13(23)20-6-4-17(11-20)3-2-5-19(7-8-22)15(17)25/h9,22H,2-8,10-11H2,1H3,(H,18,24,26). The lowest BCUT2D eigenvalue weighted by molar-refractivity contribution is -0.146. The van der Waals surface area contributed by atoms with Gasteiger partial charge in [0.15, 0.2) is 0 Å². The van der Waals surface area contributed by atoms with Crippen molar-refractivity contribution in [2.45, 2.75) is 32.7 Å². The maximum absolute atomic E-state index is 12.8. The van der Waals surface area contributed by atoms with E-state index in [9.17, 15) is 19.2 Å². The van der Waals surface area contributed by atoms with Gasteiger partial charge in [0, 0.05) is 37.9 Å². The minimum Gasteiger partial charge on any atom is -0.395 e. The van der Waals surface area contributed by atoms with Crippen molar-refractivity contribution in [1.82, 2.24) is 19.4 Å². The van der Waals surface area contributed by atoms with Gasteiger partial charge in [-0.2, -0.15) is 0 Å². The zero-order valence-electron chi connectivity index (χ0n) is 14.9. The number of H-pyrrole nitrogens is 1. The summed E-state index contributed by atoms with van der Waals surface area (Å²) < 4.78 is 1.19. The van der Waals surface area contributed by atoms with Gasteiger partial charge in [0.2, 0.25) is 11.8 Å².